The summed E-state index contributed by atoms with van der Waals surface area (Å²) in [6, 6.07) is 0. The molecule has 0 fully saturated rings. The summed E-state index contributed by atoms with van der Waals surface area (Å²) in [7, 11) is 0. The molecular formula is C8H14ClN5O2. The lowest BCUT2D eigenvalue weighted by Crippen LogP contribution is -2.45. The third-order valence-electron chi connectivity index (χ3n) is 2.28. The van der Waals surface area contributed by atoms with Gasteiger partial charge in [0.2, 0.25) is 17.2 Å². The highest BCUT2D eigenvalue weighted by Crippen LogP contribution is 2.16. The zero-order valence-electron chi connectivity index (χ0n) is 8.81. The van der Waals surface area contributed by atoms with Crippen molar-refractivity contribution in [3.8, 4) is 0 Å². The average molecular weight is 248 g/mol. The summed E-state index contributed by atoms with van der Waals surface area (Å²) >= 11 is 5.60. The van der Waals surface area contributed by atoms with Crippen molar-refractivity contribution >= 4 is 23.5 Å². The van der Waals surface area contributed by atoms with Crippen molar-refractivity contribution in [3.63, 3.8) is 0 Å². The van der Waals surface area contributed by atoms with Crippen molar-refractivity contribution < 1.29 is 10.2 Å². The smallest absolute Gasteiger partial charge is 0.229 e. The highest BCUT2D eigenvalue weighted by Gasteiger charge is 2.27. The molecule has 1 aromatic rings. The third kappa shape index (κ3) is 2.91. The molecule has 1 heterocycles. The van der Waals surface area contributed by atoms with E-state index in [0.717, 1.165) is 0 Å². The van der Waals surface area contributed by atoms with Crippen LogP contribution in [0.3, 0.4) is 0 Å². The summed E-state index contributed by atoms with van der Waals surface area (Å²) in [5, 5.41) is 21.2. The molecule has 5 N–H and O–H groups in total. The Morgan fingerprint density at radius 2 is 1.94 bits per heavy atom. The van der Waals surface area contributed by atoms with Gasteiger partial charge < -0.3 is 21.3 Å². The van der Waals surface area contributed by atoms with Gasteiger partial charge >= 0.3 is 0 Å². The maximum Gasteiger partial charge on any atom is 0.229 e. The molecule has 90 valence electrons. The first-order valence-corrected chi connectivity index (χ1v) is 5.10. The Labute approximate surface area is 97.7 Å². The van der Waals surface area contributed by atoms with E-state index in [2.05, 4.69) is 20.3 Å². The van der Waals surface area contributed by atoms with Crippen LogP contribution in [0.15, 0.2) is 0 Å². The highest BCUT2D eigenvalue weighted by atomic mass is 35.5. The third-order valence-corrected chi connectivity index (χ3v) is 2.45. The van der Waals surface area contributed by atoms with Gasteiger partial charge in [-0.25, -0.2) is 0 Å². The Morgan fingerprint density at radius 3 is 2.38 bits per heavy atom. The standard InChI is InChI=1S/C8H14ClN5O2/c1-2-8(3-15,4-16)14-7-12-5(9)11-6(10)13-7/h15-16H,2-4H2,1H3,(H3,10,11,12,13,14). The number of anilines is 2. The predicted octanol–water partition coefficient (Wildman–Crippen LogP) is -0.348. The fraction of sp³-hybridized carbons (Fsp3) is 0.625. The first-order chi connectivity index (χ1) is 7.55. The van der Waals surface area contributed by atoms with Crippen LogP contribution in [-0.4, -0.2) is 43.9 Å². The molecule has 0 saturated carbocycles. The van der Waals surface area contributed by atoms with E-state index in [0.29, 0.717) is 6.42 Å². The van der Waals surface area contributed by atoms with Crippen molar-refractivity contribution in [2.45, 2.75) is 18.9 Å². The van der Waals surface area contributed by atoms with Gasteiger partial charge in [0.25, 0.3) is 0 Å². The lowest BCUT2D eigenvalue weighted by Gasteiger charge is -2.29. The SMILES string of the molecule is CCC(CO)(CO)Nc1nc(N)nc(Cl)n1. The zero-order valence-corrected chi connectivity index (χ0v) is 9.57. The number of rotatable bonds is 5. The molecule has 7 nitrogen and oxygen atoms in total. The van der Waals surface area contributed by atoms with Crippen LogP contribution >= 0.6 is 11.6 Å². The van der Waals surface area contributed by atoms with Crippen molar-refractivity contribution in [1.82, 2.24) is 15.0 Å². The molecule has 8 heteroatoms. The predicted molar refractivity (Wildman–Crippen MR) is 60.1 cm³/mol. The monoisotopic (exact) mass is 247 g/mol. The number of nitrogen functional groups attached to an aromatic ring is 1. The molecule has 0 aliphatic carbocycles. The van der Waals surface area contributed by atoms with E-state index in [1.807, 2.05) is 6.92 Å². The van der Waals surface area contributed by atoms with Gasteiger partial charge in [0.05, 0.1) is 18.8 Å². The van der Waals surface area contributed by atoms with Crippen LogP contribution in [0.2, 0.25) is 5.28 Å². The van der Waals surface area contributed by atoms with Gasteiger partial charge in [0, 0.05) is 0 Å². The van der Waals surface area contributed by atoms with Gasteiger partial charge in [-0.2, -0.15) is 15.0 Å². The van der Waals surface area contributed by atoms with Crippen molar-refractivity contribution in [2.75, 3.05) is 24.3 Å². The normalized spacial score (nSPS) is 11.5. The van der Waals surface area contributed by atoms with Crippen molar-refractivity contribution in [2.24, 2.45) is 0 Å². The summed E-state index contributed by atoms with van der Waals surface area (Å²) < 4.78 is 0. The van der Waals surface area contributed by atoms with E-state index in [1.165, 1.54) is 0 Å². The molecular weight excluding hydrogens is 234 g/mol. The molecule has 0 bridgehead atoms. The number of nitrogens with one attached hydrogen (secondary N) is 1. The molecule has 0 aliphatic heterocycles. The van der Waals surface area contributed by atoms with Crippen LogP contribution in [0.4, 0.5) is 11.9 Å². The molecule has 1 rings (SSSR count). The van der Waals surface area contributed by atoms with E-state index < -0.39 is 5.54 Å². The molecule has 0 saturated heterocycles. The molecule has 0 aromatic carbocycles. The minimum Gasteiger partial charge on any atom is -0.394 e. The Morgan fingerprint density at radius 1 is 1.31 bits per heavy atom. The van der Waals surface area contributed by atoms with E-state index >= 15 is 0 Å². The molecule has 0 atom stereocenters. The second-order valence-electron chi connectivity index (χ2n) is 3.36. The Bertz CT molecular complexity index is 330. The summed E-state index contributed by atoms with van der Waals surface area (Å²) in [5.74, 6) is 0.103. The van der Waals surface area contributed by atoms with Crippen LogP contribution in [0.25, 0.3) is 0 Å². The summed E-state index contributed by atoms with van der Waals surface area (Å²) in [6.07, 6.45) is 0.489. The lowest BCUT2D eigenvalue weighted by molar-refractivity contribution is 0.132. The van der Waals surface area contributed by atoms with Crippen LogP contribution in [0, 0.1) is 0 Å². The van der Waals surface area contributed by atoms with E-state index in [4.69, 9.17) is 17.3 Å². The van der Waals surface area contributed by atoms with E-state index in [1.54, 1.807) is 0 Å². The highest BCUT2D eigenvalue weighted by molar-refractivity contribution is 6.28. The maximum atomic E-state index is 9.22. The summed E-state index contributed by atoms with van der Waals surface area (Å²) in [5.41, 5.74) is 4.50. The average Bonchev–Trinajstić information content (AvgIpc) is 2.25. The minimum absolute atomic E-state index is 0.0246. The Kier molecular flexibility index (Phi) is 4.22. The number of hydrogen-bond donors (Lipinski definition) is 4. The van der Waals surface area contributed by atoms with Gasteiger partial charge in [0.1, 0.15) is 0 Å². The van der Waals surface area contributed by atoms with Crippen molar-refractivity contribution in [1.29, 1.82) is 0 Å². The second-order valence-corrected chi connectivity index (χ2v) is 3.70. The van der Waals surface area contributed by atoms with E-state index in [-0.39, 0.29) is 30.4 Å². The molecule has 0 unspecified atom stereocenters. The lowest BCUT2D eigenvalue weighted by atomic mass is 9.99. The molecule has 0 spiro atoms. The van der Waals surface area contributed by atoms with Gasteiger partial charge in [-0.15, -0.1) is 0 Å². The van der Waals surface area contributed by atoms with Crippen LogP contribution in [0.5, 0.6) is 0 Å². The Balaban J connectivity index is 2.93. The van der Waals surface area contributed by atoms with Crippen molar-refractivity contribution in [3.05, 3.63) is 5.28 Å². The topological polar surface area (TPSA) is 117 Å². The molecule has 1 aromatic heterocycles. The fourth-order valence-electron chi connectivity index (χ4n) is 1.10. The van der Waals surface area contributed by atoms with Gasteiger partial charge in [-0.05, 0) is 18.0 Å². The quantitative estimate of drug-likeness (QED) is 0.562. The summed E-state index contributed by atoms with van der Waals surface area (Å²) in [6.45, 7) is 1.29. The molecule has 0 aliphatic rings. The number of halogens is 1. The first kappa shape index (κ1) is 12.9. The molecule has 0 amide bonds. The van der Waals surface area contributed by atoms with Crippen LogP contribution in [0.1, 0.15) is 13.3 Å². The summed E-state index contributed by atoms with van der Waals surface area (Å²) in [4.78, 5) is 11.2. The number of aliphatic hydroxyl groups excluding tert-OH is 2. The number of nitrogens with zero attached hydrogens (tertiary/aromatic N) is 3. The first-order valence-electron chi connectivity index (χ1n) is 4.72. The van der Waals surface area contributed by atoms with Crippen LogP contribution in [-0.2, 0) is 0 Å². The number of aliphatic hydroxyl groups is 2. The van der Waals surface area contributed by atoms with Crippen LogP contribution < -0.4 is 11.1 Å². The number of aromatic nitrogens is 3. The van der Waals surface area contributed by atoms with E-state index in [9.17, 15) is 10.2 Å². The van der Waals surface area contributed by atoms with Gasteiger partial charge in [-0.3, -0.25) is 0 Å². The largest absolute Gasteiger partial charge is 0.394 e. The molecule has 0 radical (unpaired) electrons. The fourth-order valence-corrected chi connectivity index (χ4v) is 1.27. The molecule has 16 heavy (non-hydrogen) atoms. The number of nitrogens with two attached hydrogens (primary N) is 1. The Hall–Kier alpha value is -1.18. The zero-order chi connectivity index (χ0) is 12.2. The second kappa shape index (κ2) is 5.24. The maximum absolute atomic E-state index is 9.22. The minimum atomic E-state index is -0.892. The van der Waals surface area contributed by atoms with Gasteiger partial charge in [-0.1, -0.05) is 6.92 Å². The van der Waals surface area contributed by atoms with Gasteiger partial charge in [0.15, 0.2) is 0 Å². The number of hydrogen-bond acceptors (Lipinski definition) is 7.